The van der Waals surface area contributed by atoms with Gasteiger partial charge in [-0.25, -0.2) is 4.79 Å². The SMILES string of the molecule is COC(=O)[C@@H](C)NC(=O)[C@@H](Cc1ccccc1)N=CCC(=O)C(F)(F)F. The molecule has 1 N–H and O–H groups in total. The molecule has 1 aromatic rings. The van der Waals surface area contributed by atoms with Crippen LogP contribution in [0.1, 0.15) is 18.9 Å². The summed E-state index contributed by atoms with van der Waals surface area (Å²) in [6.45, 7) is 1.40. The molecule has 1 amide bonds. The van der Waals surface area contributed by atoms with Crippen LogP contribution in [0.3, 0.4) is 0 Å². The van der Waals surface area contributed by atoms with Crippen molar-refractivity contribution >= 4 is 23.9 Å². The van der Waals surface area contributed by atoms with Gasteiger partial charge in [-0.3, -0.25) is 14.6 Å². The van der Waals surface area contributed by atoms with Crippen molar-refractivity contribution in [1.29, 1.82) is 0 Å². The number of nitrogens with zero attached hydrogens (tertiary/aromatic N) is 1. The number of hydrogen-bond acceptors (Lipinski definition) is 5. The third-order valence-electron chi connectivity index (χ3n) is 3.37. The standard InChI is InChI=1S/C17H19F3N2O4/c1-11(16(25)26-2)22-15(24)13(10-12-6-4-3-5-7-12)21-9-8-14(23)17(18,19)20/h3-7,9,11,13H,8,10H2,1-2H3,(H,22,24)/t11-,13-/m1/s1. The molecule has 142 valence electrons. The van der Waals surface area contributed by atoms with Crippen molar-refractivity contribution in [2.24, 2.45) is 4.99 Å². The van der Waals surface area contributed by atoms with Crippen molar-refractivity contribution < 1.29 is 32.3 Å². The van der Waals surface area contributed by atoms with Crippen molar-refractivity contribution in [3.05, 3.63) is 35.9 Å². The highest BCUT2D eigenvalue weighted by Crippen LogP contribution is 2.17. The number of benzene rings is 1. The lowest BCUT2D eigenvalue weighted by molar-refractivity contribution is -0.169. The number of carbonyl (C=O) groups excluding carboxylic acids is 3. The Hall–Kier alpha value is -2.71. The number of alkyl halides is 3. The van der Waals surface area contributed by atoms with Crippen LogP contribution in [0.25, 0.3) is 0 Å². The first-order valence-electron chi connectivity index (χ1n) is 7.69. The second-order valence-corrected chi connectivity index (χ2v) is 5.42. The molecule has 0 aromatic heterocycles. The Morgan fingerprint density at radius 2 is 1.85 bits per heavy atom. The Bertz CT molecular complexity index is 660. The number of carbonyl (C=O) groups is 3. The molecule has 0 radical (unpaired) electrons. The number of hydrogen-bond donors (Lipinski definition) is 1. The van der Waals surface area contributed by atoms with E-state index in [0.717, 1.165) is 18.9 Å². The molecule has 1 rings (SSSR count). The van der Waals surface area contributed by atoms with Crippen LogP contribution in [-0.2, 0) is 25.5 Å². The summed E-state index contributed by atoms with van der Waals surface area (Å²) in [6, 6.07) is 6.64. The fourth-order valence-electron chi connectivity index (χ4n) is 1.97. The molecule has 0 heterocycles. The molecular formula is C17H19F3N2O4. The topological polar surface area (TPSA) is 84.8 Å². The van der Waals surface area contributed by atoms with E-state index in [0.29, 0.717) is 0 Å². The fraction of sp³-hybridized carbons (Fsp3) is 0.412. The first-order chi connectivity index (χ1) is 12.1. The number of ether oxygens (including phenoxy) is 1. The van der Waals surface area contributed by atoms with Crippen LogP contribution < -0.4 is 5.32 Å². The molecule has 0 unspecified atom stereocenters. The summed E-state index contributed by atoms with van der Waals surface area (Å²) >= 11 is 0. The van der Waals surface area contributed by atoms with E-state index in [1.807, 2.05) is 0 Å². The van der Waals surface area contributed by atoms with Gasteiger partial charge in [0.25, 0.3) is 0 Å². The fourth-order valence-corrected chi connectivity index (χ4v) is 1.97. The van der Waals surface area contributed by atoms with Crippen molar-refractivity contribution in [2.45, 2.75) is 38.0 Å². The summed E-state index contributed by atoms with van der Waals surface area (Å²) in [5.41, 5.74) is 0.720. The summed E-state index contributed by atoms with van der Waals surface area (Å²) in [4.78, 5) is 38.4. The van der Waals surface area contributed by atoms with Gasteiger partial charge in [-0.05, 0) is 12.5 Å². The van der Waals surface area contributed by atoms with Crippen molar-refractivity contribution in [3.63, 3.8) is 0 Å². The number of Topliss-reactive ketones (excluding diaryl/α,β-unsaturated/α-hetero) is 1. The highest BCUT2D eigenvalue weighted by Gasteiger charge is 2.37. The van der Waals surface area contributed by atoms with E-state index in [-0.39, 0.29) is 6.42 Å². The second-order valence-electron chi connectivity index (χ2n) is 5.42. The molecule has 0 aliphatic rings. The molecule has 0 aliphatic heterocycles. The third kappa shape index (κ3) is 7.04. The highest BCUT2D eigenvalue weighted by atomic mass is 19.4. The van der Waals surface area contributed by atoms with Gasteiger partial charge in [0.05, 0.1) is 13.5 Å². The Labute approximate surface area is 148 Å². The van der Waals surface area contributed by atoms with E-state index in [1.165, 1.54) is 6.92 Å². The lowest BCUT2D eigenvalue weighted by Gasteiger charge is -2.16. The number of methoxy groups -OCH3 is 1. The monoisotopic (exact) mass is 372 g/mol. The van der Waals surface area contributed by atoms with Crippen LogP contribution in [0.4, 0.5) is 13.2 Å². The molecule has 0 fully saturated rings. The smallest absolute Gasteiger partial charge is 0.450 e. The molecule has 0 bridgehead atoms. The molecule has 2 atom stereocenters. The van der Waals surface area contributed by atoms with Crippen LogP contribution in [-0.4, -0.2) is 49.2 Å². The molecule has 0 spiro atoms. The Morgan fingerprint density at radius 1 is 1.23 bits per heavy atom. The Kier molecular flexibility index (Phi) is 7.95. The minimum Gasteiger partial charge on any atom is -0.467 e. The van der Waals surface area contributed by atoms with Crippen LogP contribution in [0, 0.1) is 0 Å². The largest absolute Gasteiger partial charge is 0.467 e. The van der Waals surface area contributed by atoms with Crippen LogP contribution in [0.15, 0.2) is 35.3 Å². The average molecular weight is 372 g/mol. The number of halogens is 3. The normalized spacial score (nSPS) is 13.9. The van der Waals surface area contributed by atoms with E-state index in [2.05, 4.69) is 15.0 Å². The zero-order valence-electron chi connectivity index (χ0n) is 14.2. The number of aliphatic imine (C=N–C) groups is 1. The van der Waals surface area contributed by atoms with E-state index < -0.39 is 42.3 Å². The Morgan fingerprint density at radius 3 is 2.38 bits per heavy atom. The van der Waals surface area contributed by atoms with Gasteiger partial charge < -0.3 is 10.1 Å². The molecule has 0 saturated heterocycles. The van der Waals surface area contributed by atoms with E-state index in [9.17, 15) is 27.6 Å². The minimum atomic E-state index is -4.96. The number of esters is 1. The zero-order chi connectivity index (χ0) is 19.7. The van der Waals surface area contributed by atoms with E-state index >= 15 is 0 Å². The second kappa shape index (κ2) is 9.69. The van der Waals surface area contributed by atoms with Crippen molar-refractivity contribution in [2.75, 3.05) is 7.11 Å². The summed E-state index contributed by atoms with van der Waals surface area (Å²) in [6.07, 6.45) is -5.06. The minimum absolute atomic E-state index is 0.0945. The summed E-state index contributed by atoms with van der Waals surface area (Å²) in [5, 5.41) is 2.38. The van der Waals surface area contributed by atoms with Gasteiger partial charge in [-0.2, -0.15) is 13.2 Å². The van der Waals surface area contributed by atoms with Gasteiger partial charge in [-0.15, -0.1) is 0 Å². The molecular weight excluding hydrogens is 353 g/mol. The van der Waals surface area contributed by atoms with Crippen molar-refractivity contribution in [1.82, 2.24) is 5.32 Å². The number of amides is 1. The number of rotatable bonds is 8. The predicted molar refractivity (Wildman–Crippen MR) is 87.7 cm³/mol. The van der Waals surface area contributed by atoms with Gasteiger partial charge in [0.1, 0.15) is 12.1 Å². The van der Waals surface area contributed by atoms with Crippen LogP contribution in [0.2, 0.25) is 0 Å². The van der Waals surface area contributed by atoms with Gasteiger partial charge in [-0.1, -0.05) is 30.3 Å². The van der Waals surface area contributed by atoms with Gasteiger partial charge in [0.15, 0.2) is 0 Å². The third-order valence-corrected chi connectivity index (χ3v) is 3.37. The van der Waals surface area contributed by atoms with Gasteiger partial charge in [0.2, 0.25) is 11.7 Å². The van der Waals surface area contributed by atoms with E-state index in [4.69, 9.17) is 0 Å². The molecule has 1 aromatic carbocycles. The molecule has 6 nitrogen and oxygen atoms in total. The average Bonchev–Trinajstić information content (AvgIpc) is 2.59. The first-order valence-corrected chi connectivity index (χ1v) is 7.69. The highest BCUT2D eigenvalue weighted by molar-refractivity contribution is 5.96. The molecule has 26 heavy (non-hydrogen) atoms. The van der Waals surface area contributed by atoms with Crippen LogP contribution in [0.5, 0.6) is 0 Å². The van der Waals surface area contributed by atoms with Crippen LogP contribution >= 0.6 is 0 Å². The van der Waals surface area contributed by atoms with E-state index in [1.54, 1.807) is 30.3 Å². The number of ketones is 1. The maximum absolute atomic E-state index is 12.3. The van der Waals surface area contributed by atoms with Gasteiger partial charge >= 0.3 is 12.1 Å². The maximum Gasteiger partial charge on any atom is 0.450 e. The maximum atomic E-state index is 12.3. The lowest BCUT2D eigenvalue weighted by atomic mass is 10.1. The van der Waals surface area contributed by atoms with Gasteiger partial charge in [0, 0.05) is 12.6 Å². The molecule has 0 saturated carbocycles. The quantitative estimate of drug-likeness (QED) is 0.558. The first kappa shape index (κ1) is 21.3. The summed E-state index contributed by atoms with van der Waals surface area (Å²) < 4.78 is 41.2. The molecule has 9 heteroatoms. The summed E-state index contributed by atoms with van der Waals surface area (Å²) in [5.74, 6) is -3.29. The predicted octanol–water partition coefficient (Wildman–Crippen LogP) is 1.87. The number of nitrogens with one attached hydrogen (secondary N) is 1. The zero-order valence-corrected chi connectivity index (χ0v) is 14.2. The molecule has 0 aliphatic carbocycles. The Balaban J connectivity index is 2.86. The summed E-state index contributed by atoms with van der Waals surface area (Å²) in [7, 11) is 1.16. The lowest BCUT2D eigenvalue weighted by Crippen LogP contribution is -2.44. The van der Waals surface area contributed by atoms with Crippen molar-refractivity contribution in [3.8, 4) is 0 Å².